The van der Waals surface area contributed by atoms with Crippen molar-refractivity contribution in [2.45, 2.75) is 39.0 Å². The minimum absolute atomic E-state index is 0.382. The van der Waals surface area contributed by atoms with Gasteiger partial charge in [-0.05, 0) is 109 Å². The average Bonchev–Trinajstić information content (AvgIpc) is 2.95. The van der Waals surface area contributed by atoms with Crippen LogP contribution in [0.5, 0.6) is 11.5 Å². The van der Waals surface area contributed by atoms with E-state index in [0.717, 1.165) is 50.6 Å². The summed E-state index contributed by atoms with van der Waals surface area (Å²) in [4.78, 5) is 0.382. The summed E-state index contributed by atoms with van der Waals surface area (Å²) in [5.74, 6) is 1.48. The molecule has 0 aromatic heterocycles. The quantitative estimate of drug-likeness (QED) is 0.227. The molecule has 0 amide bonds. The van der Waals surface area contributed by atoms with Gasteiger partial charge in [0.2, 0.25) is 0 Å². The highest BCUT2D eigenvalue weighted by atomic mass is 32.2. The fourth-order valence-corrected chi connectivity index (χ4v) is 6.37. The molecule has 6 rings (SSSR count). The smallest absolute Gasteiger partial charge is 0.187 e. The highest BCUT2D eigenvalue weighted by Gasteiger charge is 2.23. The van der Waals surface area contributed by atoms with E-state index in [2.05, 4.69) is 107 Å². The van der Waals surface area contributed by atoms with E-state index < -0.39 is 11.1 Å². The van der Waals surface area contributed by atoms with Crippen molar-refractivity contribution in [3.63, 3.8) is 0 Å². The van der Waals surface area contributed by atoms with Crippen molar-refractivity contribution in [2.75, 3.05) is 0 Å². The zero-order valence-corrected chi connectivity index (χ0v) is 24.5. The van der Waals surface area contributed by atoms with Crippen molar-refractivity contribution in [3.05, 3.63) is 158 Å². The predicted octanol–water partition coefficient (Wildman–Crippen LogP) is 7.27. The number of benzene rings is 5. The lowest BCUT2D eigenvalue weighted by Gasteiger charge is -2.23. The molecule has 0 spiro atoms. The first-order valence-corrected chi connectivity index (χ1v) is 14.9. The van der Waals surface area contributed by atoms with E-state index in [4.69, 9.17) is 4.74 Å². The van der Waals surface area contributed by atoms with Crippen LogP contribution in [0.2, 0.25) is 0 Å². The topological polar surface area (TPSA) is 46.5 Å². The summed E-state index contributed by atoms with van der Waals surface area (Å²) in [5, 5.41) is 1.94. The molecular weight excluding hydrogens is 524 g/mol. The second-order valence-corrected chi connectivity index (χ2v) is 11.7. The SMILES string of the molecule is Cc1cccc(C)c1/C=c1\ccc2c(c1)Oc1cc(Cc3c(C)cccc3C)ccc1C=2c1ccccc1S(=O)O. The van der Waals surface area contributed by atoms with Gasteiger partial charge in [0.25, 0.3) is 0 Å². The second-order valence-electron chi connectivity index (χ2n) is 10.8. The van der Waals surface area contributed by atoms with Gasteiger partial charge in [0.15, 0.2) is 11.1 Å². The summed E-state index contributed by atoms with van der Waals surface area (Å²) in [6.07, 6.45) is 2.99. The molecule has 41 heavy (non-hydrogen) atoms. The van der Waals surface area contributed by atoms with E-state index in [1.165, 1.54) is 33.4 Å². The van der Waals surface area contributed by atoms with Gasteiger partial charge in [0, 0.05) is 21.9 Å². The van der Waals surface area contributed by atoms with Gasteiger partial charge in [-0.25, -0.2) is 4.21 Å². The van der Waals surface area contributed by atoms with Crippen LogP contribution in [0.25, 0.3) is 11.6 Å². The normalized spacial score (nSPS) is 13.4. The van der Waals surface area contributed by atoms with Crippen LogP contribution < -0.4 is 15.2 Å². The molecule has 1 aliphatic rings. The van der Waals surface area contributed by atoms with Crippen LogP contribution in [-0.2, 0) is 17.5 Å². The van der Waals surface area contributed by atoms with Crippen molar-refractivity contribution in [3.8, 4) is 11.5 Å². The summed E-state index contributed by atoms with van der Waals surface area (Å²) >= 11 is -2.14. The van der Waals surface area contributed by atoms with Gasteiger partial charge < -0.3 is 9.29 Å². The van der Waals surface area contributed by atoms with Crippen molar-refractivity contribution in [1.29, 1.82) is 0 Å². The molecule has 0 saturated heterocycles. The number of aryl methyl sites for hydroxylation is 4. The molecule has 1 N–H and O–H groups in total. The van der Waals surface area contributed by atoms with Gasteiger partial charge in [0.1, 0.15) is 11.5 Å². The van der Waals surface area contributed by atoms with Gasteiger partial charge in [-0.3, -0.25) is 0 Å². The van der Waals surface area contributed by atoms with Gasteiger partial charge >= 0.3 is 0 Å². The highest BCUT2D eigenvalue weighted by molar-refractivity contribution is 7.79. The van der Waals surface area contributed by atoms with E-state index in [0.29, 0.717) is 4.90 Å². The summed E-state index contributed by atoms with van der Waals surface area (Å²) in [7, 11) is 0. The molecule has 5 aromatic rings. The maximum Gasteiger partial charge on any atom is 0.187 e. The number of fused-ring (bicyclic) bond motifs is 2. The maximum absolute atomic E-state index is 12.4. The van der Waals surface area contributed by atoms with Crippen LogP contribution in [0, 0.1) is 27.7 Å². The fourth-order valence-electron chi connectivity index (χ4n) is 5.82. The zero-order chi connectivity index (χ0) is 28.7. The van der Waals surface area contributed by atoms with Crippen molar-refractivity contribution < 1.29 is 13.5 Å². The zero-order valence-electron chi connectivity index (χ0n) is 23.7. The van der Waals surface area contributed by atoms with E-state index >= 15 is 0 Å². The van der Waals surface area contributed by atoms with Crippen LogP contribution in [0.4, 0.5) is 0 Å². The Labute approximate surface area is 243 Å². The van der Waals surface area contributed by atoms with Crippen LogP contribution in [0.15, 0.2) is 102 Å². The third kappa shape index (κ3) is 5.17. The Kier molecular flexibility index (Phi) is 7.21. The predicted molar refractivity (Wildman–Crippen MR) is 168 cm³/mol. The third-order valence-electron chi connectivity index (χ3n) is 8.03. The molecule has 5 aromatic carbocycles. The molecule has 0 radical (unpaired) electrons. The maximum atomic E-state index is 12.4. The molecule has 3 nitrogen and oxygen atoms in total. The Bertz CT molecular complexity index is 1930. The first kappa shape index (κ1) is 26.9. The van der Waals surface area contributed by atoms with E-state index in [1.54, 1.807) is 12.1 Å². The lowest BCUT2D eigenvalue weighted by Crippen LogP contribution is -2.20. The van der Waals surface area contributed by atoms with Gasteiger partial charge in [-0.2, -0.15) is 0 Å². The molecule has 0 saturated carbocycles. The molecule has 1 unspecified atom stereocenters. The second kappa shape index (κ2) is 11.0. The standard InChI is InChI=1S/C37H32O3S/c1-23-9-7-10-24(2)32(23)19-27-15-17-29-34(21-27)40-35-22-28(20-33-25(3)11-8-12-26(33)4)16-18-30(35)37(29)31-13-5-6-14-36(31)41(38)39/h5-19,21-22H,20H2,1-4H3,(H,38,39)/b27-19+. The summed E-state index contributed by atoms with van der Waals surface area (Å²) in [6, 6.07) is 32.6. The largest absolute Gasteiger partial charge is 0.456 e. The molecule has 4 heteroatoms. The number of hydrogen-bond donors (Lipinski definition) is 1. The fraction of sp³-hybridized carbons (Fsp3) is 0.135. The lowest BCUT2D eigenvalue weighted by atomic mass is 9.90. The van der Waals surface area contributed by atoms with Crippen LogP contribution >= 0.6 is 0 Å². The monoisotopic (exact) mass is 556 g/mol. The molecule has 0 fully saturated rings. The summed E-state index contributed by atoms with van der Waals surface area (Å²) < 4.78 is 29.2. The molecule has 0 bridgehead atoms. The minimum Gasteiger partial charge on any atom is -0.456 e. The Hall–Kier alpha value is -4.25. The average molecular weight is 557 g/mol. The van der Waals surface area contributed by atoms with Gasteiger partial charge in [-0.15, -0.1) is 0 Å². The summed E-state index contributed by atoms with van der Waals surface area (Å²) in [6.45, 7) is 8.55. The molecule has 204 valence electrons. The Balaban J connectivity index is 1.56. The highest BCUT2D eigenvalue weighted by Crippen LogP contribution is 2.38. The first-order chi connectivity index (χ1) is 19.8. The first-order valence-electron chi connectivity index (χ1n) is 13.8. The molecule has 1 aliphatic heterocycles. The Morgan fingerprint density at radius 2 is 1.39 bits per heavy atom. The number of rotatable bonds is 5. The summed E-state index contributed by atoms with van der Waals surface area (Å²) in [5.41, 5.74) is 11.2. The Morgan fingerprint density at radius 3 is 2.10 bits per heavy atom. The molecular formula is C37H32O3S. The van der Waals surface area contributed by atoms with Gasteiger partial charge in [-0.1, -0.05) is 72.8 Å². The minimum atomic E-state index is -2.14. The van der Waals surface area contributed by atoms with Crippen LogP contribution in [0.3, 0.4) is 0 Å². The third-order valence-corrected chi connectivity index (χ3v) is 8.77. The molecule has 1 heterocycles. The van der Waals surface area contributed by atoms with E-state index in [-0.39, 0.29) is 0 Å². The van der Waals surface area contributed by atoms with Crippen molar-refractivity contribution in [2.24, 2.45) is 0 Å². The van der Waals surface area contributed by atoms with Crippen LogP contribution in [0.1, 0.15) is 50.1 Å². The van der Waals surface area contributed by atoms with E-state index in [9.17, 15) is 8.76 Å². The van der Waals surface area contributed by atoms with Crippen molar-refractivity contribution in [1.82, 2.24) is 0 Å². The molecule has 0 aliphatic carbocycles. The van der Waals surface area contributed by atoms with Crippen molar-refractivity contribution >= 4 is 22.7 Å². The van der Waals surface area contributed by atoms with Crippen LogP contribution in [-0.4, -0.2) is 8.76 Å². The Morgan fingerprint density at radius 1 is 0.707 bits per heavy atom. The number of hydrogen-bond acceptors (Lipinski definition) is 2. The number of ether oxygens (including phenoxy) is 1. The molecule has 1 atom stereocenters. The van der Waals surface area contributed by atoms with E-state index in [1.807, 2.05) is 12.1 Å². The van der Waals surface area contributed by atoms with Gasteiger partial charge in [0.05, 0.1) is 4.90 Å². The lowest BCUT2D eigenvalue weighted by molar-refractivity contribution is 0.471.